The second-order valence-corrected chi connectivity index (χ2v) is 9.64. The van der Waals surface area contributed by atoms with Gasteiger partial charge in [0.1, 0.15) is 12.7 Å². The topological polar surface area (TPSA) is 212 Å². The van der Waals surface area contributed by atoms with Crippen molar-refractivity contribution in [2.75, 3.05) is 6.61 Å². The van der Waals surface area contributed by atoms with Gasteiger partial charge in [0.05, 0.1) is 6.10 Å². The normalized spacial score (nSPS) is 31.9. The van der Waals surface area contributed by atoms with E-state index >= 15 is 0 Å². The molecule has 0 radical (unpaired) electrons. The van der Waals surface area contributed by atoms with E-state index in [1.165, 1.54) is 6.92 Å². The van der Waals surface area contributed by atoms with Gasteiger partial charge in [0, 0.05) is 48.5 Å². The maximum atomic E-state index is 12.2. The van der Waals surface area contributed by atoms with Crippen LogP contribution >= 0.6 is 0 Å². The Bertz CT molecular complexity index is 1070. The molecule has 2 aliphatic heterocycles. The van der Waals surface area contributed by atoms with E-state index in [2.05, 4.69) is 0 Å². The highest BCUT2D eigenvalue weighted by Gasteiger charge is 2.57. The third-order valence-electron chi connectivity index (χ3n) is 5.85. The summed E-state index contributed by atoms with van der Waals surface area (Å²) in [6.45, 7) is 8.42. The summed E-state index contributed by atoms with van der Waals surface area (Å²) in [5.74, 6) is -5.78. The van der Waals surface area contributed by atoms with Gasteiger partial charge < -0.3 is 47.4 Å². The number of rotatable bonds is 10. The van der Waals surface area contributed by atoms with Gasteiger partial charge >= 0.3 is 41.8 Å². The molecule has 0 saturated carbocycles. The zero-order valence-corrected chi connectivity index (χ0v) is 24.9. The first kappa shape index (κ1) is 35.4. The number of hydrogen-bond acceptors (Lipinski definition) is 17. The van der Waals surface area contributed by atoms with E-state index in [9.17, 15) is 33.6 Å². The van der Waals surface area contributed by atoms with Crippen LogP contribution in [0.25, 0.3) is 0 Å². The first-order valence-electron chi connectivity index (χ1n) is 13.1. The number of ether oxygens (including phenoxy) is 10. The van der Waals surface area contributed by atoms with Crippen LogP contribution < -0.4 is 0 Å². The predicted octanol–water partition coefficient (Wildman–Crippen LogP) is -0.374. The van der Waals surface area contributed by atoms with Crippen LogP contribution in [0.5, 0.6) is 0 Å². The summed E-state index contributed by atoms with van der Waals surface area (Å²) in [5, 5.41) is 0. The van der Waals surface area contributed by atoms with Crippen LogP contribution in [0, 0.1) is 0 Å². The van der Waals surface area contributed by atoms with Crippen molar-refractivity contribution < 1.29 is 80.9 Å². The second-order valence-electron chi connectivity index (χ2n) is 9.64. The Morgan fingerprint density at radius 3 is 1.35 bits per heavy atom. The van der Waals surface area contributed by atoms with Crippen molar-refractivity contribution in [3.8, 4) is 0 Å². The van der Waals surface area contributed by atoms with Gasteiger partial charge in [-0.3, -0.25) is 33.6 Å². The molecule has 0 aromatic rings. The van der Waals surface area contributed by atoms with Crippen LogP contribution in [-0.2, 0) is 80.9 Å². The van der Waals surface area contributed by atoms with Crippen LogP contribution in [0.3, 0.4) is 0 Å². The first-order chi connectivity index (χ1) is 20.0. The Hall–Kier alpha value is -3.83. The average Bonchev–Trinajstić information content (AvgIpc) is 2.84. The van der Waals surface area contributed by atoms with E-state index in [1.54, 1.807) is 0 Å². The molecule has 0 bridgehead atoms. The molecule has 0 aromatic carbocycles. The summed E-state index contributed by atoms with van der Waals surface area (Å²) < 4.78 is 54.9. The molecule has 2 heterocycles. The summed E-state index contributed by atoms with van der Waals surface area (Å²) in [5.41, 5.74) is 0. The van der Waals surface area contributed by atoms with Crippen molar-refractivity contribution in [1.29, 1.82) is 0 Å². The summed E-state index contributed by atoms with van der Waals surface area (Å²) in [6, 6.07) is 0. The zero-order chi connectivity index (χ0) is 32.6. The predicted molar refractivity (Wildman–Crippen MR) is 134 cm³/mol. The third kappa shape index (κ3) is 10.4. The maximum Gasteiger partial charge on any atom is 0.305 e. The molecule has 242 valence electrons. The zero-order valence-electron chi connectivity index (χ0n) is 24.9. The highest BCUT2D eigenvalue weighted by Crippen LogP contribution is 2.35. The fraction of sp³-hybridized carbons (Fsp3) is 0.731. The number of carbonyl (C=O) groups excluding carboxylic acids is 7. The van der Waals surface area contributed by atoms with E-state index in [1.807, 2.05) is 0 Å². The Morgan fingerprint density at radius 2 is 0.884 bits per heavy atom. The largest absolute Gasteiger partial charge is 0.463 e. The fourth-order valence-corrected chi connectivity index (χ4v) is 4.51. The Kier molecular flexibility index (Phi) is 12.8. The fourth-order valence-electron chi connectivity index (χ4n) is 4.51. The van der Waals surface area contributed by atoms with Gasteiger partial charge in [-0.15, -0.1) is 0 Å². The molecule has 0 amide bonds. The molecule has 43 heavy (non-hydrogen) atoms. The number of carbonyl (C=O) groups is 7. The monoisotopic (exact) mass is 620 g/mol. The van der Waals surface area contributed by atoms with E-state index in [-0.39, 0.29) is 0 Å². The molecule has 2 aliphatic rings. The Morgan fingerprint density at radius 1 is 0.465 bits per heavy atom. The standard InChI is InChI=1S/C26H36O17/c1-10-19(36-12(3)28)21(38-14(5)30)23(40-16(7)32)25(35-10)43-24-22(39-15(6)31)20(37-13(4)29)18(9-34-11(2)27)42-26(24)41-17(8)33/h10,18-26H,9H2,1-8H3. The lowest BCUT2D eigenvalue weighted by Crippen LogP contribution is -2.66. The van der Waals surface area contributed by atoms with Crippen molar-refractivity contribution in [3.63, 3.8) is 0 Å². The maximum absolute atomic E-state index is 12.2. The summed E-state index contributed by atoms with van der Waals surface area (Å²) in [4.78, 5) is 83.7. The van der Waals surface area contributed by atoms with E-state index in [0.717, 1.165) is 48.5 Å². The van der Waals surface area contributed by atoms with Crippen LogP contribution in [0.2, 0.25) is 0 Å². The minimum Gasteiger partial charge on any atom is -0.463 e. The van der Waals surface area contributed by atoms with Gasteiger partial charge in [-0.1, -0.05) is 0 Å². The van der Waals surface area contributed by atoms with Crippen molar-refractivity contribution in [1.82, 2.24) is 0 Å². The lowest BCUT2D eigenvalue weighted by molar-refractivity contribution is -0.361. The third-order valence-corrected chi connectivity index (χ3v) is 5.85. The molecule has 2 rings (SSSR count). The van der Waals surface area contributed by atoms with Gasteiger partial charge in [-0.2, -0.15) is 0 Å². The molecule has 0 spiro atoms. The van der Waals surface area contributed by atoms with Crippen LogP contribution in [0.4, 0.5) is 0 Å². The minimum absolute atomic E-state index is 0.513. The lowest BCUT2D eigenvalue weighted by Gasteiger charge is -2.48. The van der Waals surface area contributed by atoms with Crippen molar-refractivity contribution in [2.24, 2.45) is 0 Å². The van der Waals surface area contributed by atoms with Gasteiger partial charge in [-0.05, 0) is 6.92 Å². The summed E-state index contributed by atoms with van der Waals surface area (Å²) >= 11 is 0. The van der Waals surface area contributed by atoms with Gasteiger partial charge in [-0.25, -0.2) is 0 Å². The lowest BCUT2D eigenvalue weighted by atomic mass is 9.96. The second kappa shape index (κ2) is 15.6. The molecular formula is C26H36O17. The van der Waals surface area contributed by atoms with E-state index < -0.39 is 110 Å². The van der Waals surface area contributed by atoms with Crippen molar-refractivity contribution in [3.05, 3.63) is 0 Å². The van der Waals surface area contributed by atoms with E-state index in [0.29, 0.717) is 0 Å². The smallest absolute Gasteiger partial charge is 0.305 e. The molecule has 2 fully saturated rings. The summed E-state index contributed by atoms with van der Waals surface area (Å²) in [7, 11) is 0. The molecular weight excluding hydrogens is 584 g/mol. The van der Waals surface area contributed by atoms with Crippen molar-refractivity contribution >= 4 is 41.8 Å². The van der Waals surface area contributed by atoms with Crippen LogP contribution in [0.15, 0.2) is 0 Å². The molecule has 17 nitrogen and oxygen atoms in total. The molecule has 10 atom stereocenters. The minimum atomic E-state index is -1.70. The average molecular weight is 621 g/mol. The Labute approximate surface area is 246 Å². The molecule has 0 aliphatic carbocycles. The van der Waals surface area contributed by atoms with Crippen LogP contribution in [-0.4, -0.2) is 110 Å². The SMILES string of the molecule is CC(=O)OCC1OC(OC(C)=O)C(OC2OC(C)C(OC(C)=O)C(OC(C)=O)C2OC(C)=O)C(OC(C)=O)C1OC(C)=O. The molecule has 17 heteroatoms. The highest BCUT2D eigenvalue weighted by molar-refractivity contribution is 5.69. The molecule has 10 unspecified atom stereocenters. The molecule has 0 N–H and O–H groups in total. The van der Waals surface area contributed by atoms with Gasteiger partial charge in [0.25, 0.3) is 0 Å². The summed E-state index contributed by atoms with van der Waals surface area (Å²) in [6.07, 6.45) is -14.8. The number of esters is 7. The molecule has 0 aromatic heterocycles. The number of hydrogen-bond donors (Lipinski definition) is 0. The highest BCUT2D eigenvalue weighted by atomic mass is 16.8. The van der Waals surface area contributed by atoms with Crippen LogP contribution in [0.1, 0.15) is 55.4 Å². The first-order valence-corrected chi connectivity index (χ1v) is 13.1. The van der Waals surface area contributed by atoms with E-state index in [4.69, 9.17) is 47.4 Å². The van der Waals surface area contributed by atoms with Gasteiger partial charge in [0.2, 0.25) is 6.29 Å². The Balaban J connectivity index is 2.62. The van der Waals surface area contributed by atoms with Crippen molar-refractivity contribution in [2.45, 2.75) is 117 Å². The quantitative estimate of drug-likeness (QED) is 0.225. The molecule has 2 saturated heterocycles. The van der Waals surface area contributed by atoms with Gasteiger partial charge in [0.15, 0.2) is 42.9 Å².